The number of aromatic nitrogens is 4. The van der Waals surface area contributed by atoms with E-state index in [4.69, 9.17) is 13.9 Å². The van der Waals surface area contributed by atoms with E-state index in [1.807, 2.05) is 6.92 Å². The van der Waals surface area contributed by atoms with Crippen molar-refractivity contribution in [1.29, 1.82) is 0 Å². The second-order valence-corrected chi connectivity index (χ2v) is 7.55. The third-order valence-electron chi connectivity index (χ3n) is 5.43. The summed E-state index contributed by atoms with van der Waals surface area (Å²) >= 11 is 0. The Morgan fingerprint density at radius 2 is 1.97 bits per heavy atom. The number of aryl methyl sites for hydroxylation is 1. The maximum Gasteiger partial charge on any atom is 0.286 e. The number of hydrogen-bond acceptors (Lipinski definition) is 9. The fourth-order valence-corrected chi connectivity index (χ4v) is 3.67. The second kappa shape index (κ2) is 9.74. The molecule has 0 spiro atoms. The van der Waals surface area contributed by atoms with Crippen LogP contribution in [0.4, 0.5) is 11.5 Å². The molecule has 0 aliphatic rings. The number of carbonyl (C=O) groups excluding carboxylic acids is 1. The van der Waals surface area contributed by atoms with Crippen molar-refractivity contribution in [2.24, 2.45) is 0 Å². The van der Waals surface area contributed by atoms with Gasteiger partial charge in [-0.15, -0.1) is 0 Å². The van der Waals surface area contributed by atoms with Gasteiger partial charge in [0.2, 0.25) is 5.95 Å². The first-order chi connectivity index (χ1) is 17.3. The summed E-state index contributed by atoms with van der Waals surface area (Å²) in [4.78, 5) is 43.9. The summed E-state index contributed by atoms with van der Waals surface area (Å²) in [6.45, 7) is 3.53. The van der Waals surface area contributed by atoms with E-state index in [1.54, 1.807) is 19.1 Å². The van der Waals surface area contributed by atoms with Crippen LogP contribution in [-0.2, 0) is 6.42 Å². The first kappa shape index (κ1) is 24.2. The third kappa shape index (κ3) is 4.41. The van der Waals surface area contributed by atoms with Crippen molar-refractivity contribution < 1.29 is 23.6 Å². The molecule has 1 amide bonds. The Morgan fingerprint density at radius 1 is 1.25 bits per heavy atom. The summed E-state index contributed by atoms with van der Waals surface area (Å²) in [5.41, 5.74) is 0.240. The highest BCUT2D eigenvalue weighted by atomic mass is 16.6. The lowest BCUT2D eigenvalue weighted by molar-refractivity contribution is -0.385. The monoisotopic (exact) mass is 494 g/mol. The summed E-state index contributed by atoms with van der Waals surface area (Å²) in [5, 5.41) is 18.7. The molecule has 0 unspecified atom stereocenters. The van der Waals surface area contributed by atoms with Crippen LogP contribution >= 0.6 is 0 Å². The highest BCUT2D eigenvalue weighted by molar-refractivity contribution is 6.07. The van der Waals surface area contributed by atoms with E-state index < -0.39 is 16.5 Å². The van der Waals surface area contributed by atoms with E-state index in [0.717, 1.165) is 6.07 Å². The summed E-state index contributed by atoms with van der Waals surface area (Å²) < 4.78 is 16.9. The van der Waals surface area contributed by atoms with Gasteiger partial charge in [-0.25, -0.2) is 4.98 Å². The molecule has 36 heavy (non-hydrogen) atoms. The molecule has 0 radical (unpaired) electrons. The van der Waals surface area contributed by atoms with Crippen LogP contribution in [0, 0.1) is 17.0 Å². The number of anilines is 1. The molecular weight excluding hydrogens is 472 g/mol. The Kier molecular flexibility index (Phi) is 6.54. The number of hydrogen-bond donors (Lipinski definition) is 2. The quantitative estimate of drug-likeness (QED) is 0.276. The van der Waals surface area contributed by atoms with Crippen LogP contribution in [-0.4, -0.2) is 44.8 Å². The number of ether oxygens (including phenoxy) is 2. The van der Waals surface area contributed by atoms with Crippen LogP contribution in [0.25, 0.3) is 17.4 Å². The van der Waals surface area contributed by atoms with Gasteiger partial charge in [0.15, 0.2) is 17.3 Å². The number of nitrogens with one attached hydrogen (secondary N) is 2. The van der Waals surface area contributed by atoms with Crippen molar-refractivity contribution in [2.45, 2.75) is 20.3 Å². The van der Waals surface area contributed by atoms with Crippen LogP contribution in [0.1, 0.15) is 28.5 Å². The number of nitrogens with zero attached hydrogens (tertiary/aromatic N) is 4. The number of H-pyrrole nitrogens is 1. The number of rotatable bonds is 8. The van der Waals surface area contributed by atoms with E-state index in [-0.39, 0.29) is 34.4 Å². The zero-order chi connectivity index (χ0) is 26.0. The van der Waals surface area contributed by atoms with Gasteiger partial charge in [-0.3, -0.25) is 24.7 Å². The van der Waals surface area contributed by atoms with Gasteiger partial charge in [0.1, 0.15) is 17.1 Å². The van der Waals surface area contributed by atoms with Crippen molar-refractivity contribution in [1.82, 2.24) is 19.7 Å². The fraction of sp³-hybridized carbons (Fsp3) is 0.217. The van der Waals surface area contributed by atoms with E-state index in [9.17, 15) is 19.7 Å². The van der Waals surface area contributed by atoms with Crippen molar-refractivity contribution in [3.63, 3.8) is 0 Å². The Bertz CT molecular complexity index is 1500. The largest absolute Gasteiger partial charge is 0.493 e. The number of amides is 1. The topological polar surface area (TPSA) is 167 Å². The number of furan rings is 1. The predicted octanol–water partition coefficient (Wildman–Crippen LogP) is 3.26. The van der Waals surface area contributed by atoms with Gasteiger partial charge in [-0.05, 0) is 25.5 Å². The minimum atomic E-state index is -0.820. The SMILES string of the molecule is CCc1c(C)nc(-n2nc(-c3ccco3)cc2NC(=O)c2cc(OC)c(OC)cc2[N+](=O)[O-])[nH]c1=O. The molecule has 0 saturated heterocycles. The lowest BCUT2D eigenvalue weighted by atomic mass is 10.1. The van der Waals surface area contributed by atoms with Gasteiger partial charge in [-0.1, -0.05) is 6.92 Å². The smallest absolute Gasteiger partial charge is 0.286 e. The maximum atomic E-state index is 13.3. The number of nitro benzene ring substituents is 1. The molecule has 13 heteroatoms. The minimum absolute atomic E-state index is 0.0459. The normalized spacial score (nSPS) is 10.8. The number of aromatic amines is 1. The lowest BCUT2D eigenvalue weighted by Gasteiger charge is -2.12. The number of benzene rings is 1. The van der Waals surface area contributed by atoms with Gasteiger partial charge in [0.05, 0.1) is 31.5 Å². The first-order valence-corrected chi connectivity index (χ1v) is 10.7. The van der Waals surface area contributed by atoms with Crippen molar-refractivity contribution in [2.75, 3.05) is 19.5 Å². The van der Waals surface area contributed by atoms with E-state index in [2.05, 4.69) is 20.4 Å². The van der Waals surface area contributed by atoms with Gasteiger partial charge in [0, 0.05) is 23.4 Å². The number of nitro groups is 1. The molecule has 4 aromatic rings. The maximum absolute atomic E-state index is 13.3. The molecule has 0 saturated carbocycles. The first-order valence-electron chi connectivity index (χ1n) is 10.7. The molecule has 0 aliphatic carbocycles. The number of carbonyl (C=O) groups is 1. The fourth-order valence-electron chi connectivity index (χ4n) is 3.67. The van der Waals surface area contributed by atoms with Gasteiger partial charge >= 0.3 is 0 Å². The zero-order valence-electron chi connectivity index (χ0n) is 19.8. The lowest BCUT2D eigenvalue weighted by Crippen LogP contribution is -2.22. The van der Waals surface area contributed by atoms with Crippen molar-refractivity contribution in [3.8, 4) is 28.9 Å². The highest BCUT2D eigenvalue weighted by Gasteiger charge is 2.26. The Labute approximate surface area is 203 Å². The standard InChI is InChI=1S/C23H22N6O7/c1-5-13-12(2)24-23(26-21(13)30)28-20(10-15(27-28)17-7-6-8-36-17)25-22(31)14-9-18(34-3)19(35-4)11-16(14)29(32)33/h6-11H,5H2,1-4H3,(H,25,31)(H,24,26,30). The van der Waals surface area contributed by atoms with Crippen LogP contribution in [0.2, 0.25) is 0 Å². The predicted molar refractivity (Wildman–Crippen MR) is 128 cm³/mol. The average Bonchev–Trinajstić information content (AvgIpc) is 3.53. The zero-order valence-corrected chi connectivity index (χ0v) is 19.8. The summed E-state index contributed by atoms with van der Waals surface area (Å²) in [5.74, 6) is -0.0643. The molecule has 4 rings (SSSR count). The Hall–Kier alpha value is -4.94. The molecule has 3 heterocycles. The molecule has 0 aliphatic heterocycles. The van der Waals surface area contributed by atoms with Crippen LogP contribution in [0.15, 0.2) is 45.8 Å². The van der Waals surface area contributed by atoms with Gasteiger partial charge in [0.25, 0.3) is 17.2 Å². The van der Waals surface area contributed by atoms with Crippen LogP contribution < -0.4 is 20.3 Å². The molecule has 0 atom stereocenters. The summed E-state index contributed by atoms with van der Waals surface area (Å²) in [6, 6.07) is 7.14. The van der Waals surface area contributed by atoms with Gasteiger partial charge < -0.3 is 19.2 Å². The molecule has 0 fully saturated rings. The van der Waals surface area contributed by atoms with E-state index in [0.29, 0.717) is 29.1 Å². The van der Waals surface area contributed by atoms with Crippen LogP contribution in [0.3, 0.4) is 0 Å². The highest BCUT2D eigenvalue weighted by Crippen LogP contribution is 2.35. The molecule has 2 N–H and O–H groups in total. The van der Waals surface area contributed by atoms with Crippen LogP contribution in [0.5, 0.6) is 11.5 Å². The average molecular weight is 494 g/mol. The number of methoxy groups -OCH3 is 2. The molecule has 1 aromatic carbocycles. The summed E-state index contributed by atoms with van der Waals surface area (Å²) in [7, 11) is 2.68. The second-order valence-electron chi connectivity index (χ2n) is 7.55. The Morgan fingerprint density at radius 3 is 2.56 bits per heavy atom. The molecular formula is C23H22N6O7. The Balaban J connectivity index is 1.83. The molecule has 3 aromatic heterocycles. The van der Waals surface area contributed by atoms with E-state index >= 15 is 0 Å². The molecule has 0 bridgehead atoms. The molecule has 13 nitrogen and oxygen atoms in total. The third-order valence-corrected chi connectivity index (χ3v) is 5.43. The minimum Gasteiger partial charge on any atom is -0.493 e. The summed E-state index contributed by atoms with van der Waals surface area (Å²) in [6.07, 6.45) is 1.94. The molecule has 186 valence electrons. The van der Waals surface area contributed by atoms with Crippen molar-refractivity contribution in [3.05, 3.63) is 73.9 Å². The van der Waals surface area contributed by atoms with Crippen molar-refractivity contribution >= 4 is 17.4 Å². The van der Waals surface area contributed by atoms with E-state index in [1.165, 1.54) is 37.3 Å². The van der Waals surface area contributed by atoms with Gasteiger partial charge in [-0.2, -0.15) is 9.78 Å².